The first-order valence-electron chi connectivity index (χ1n) is 11.2. The molecular formula is C24H32N6OS. The van der Waals surface area contributed by atoms with Crippen LogP contribution in [0.25, 0.3) is 10.6 Å². The van der Waals surface area contributed by atoms with Gasteiger partial charge in [-0.3, -0.25) is 0 Å². The number of ether oxygens (including phenoxy) is 1. The summed E-state index contributed by atoms with van der Waals surface area (Å²) in [6, 6.07) is 6.44. The van der Waals surface area contributed by atoms with Gasteiger partial charge in [-0.15, -0.1) is 0 Å². The zero-order chi connectivity index (χ0) is 22.6. The van der Waals surface area contributed by atoms with Crippen molar-refractivity contribution in [3.63, 3.8) is 0 Å². The number of nitrogens with one attached hydrogen (secondary N) is 1. The minimum absolute atomic E-state index is 0.198. The van der Waals surface area contributed by atoms with E-state index in [4.69, 9.17) is 4.74 Å². The summed E-state index contributed by atoms with van der Waals surface area (Å²) in [5.41, 5.74) is 2.46. The van der Waals surface area contributed by atoms with Gasteiger partial charge in [-0.05, 0) is 69.3 Å². The van der Waals surface area contributed by atoms with Crippen LogP contribution < -0.4 is 10.1 Å². The topological polar surface area (TPSA) is 76.1 Å². The van der Waals surface area contributed by atoms with Crippen molar-refractivity contribution in [2.75, 3.05) is 26.0 Å². The monoisotopic (exact) mass is 452 g/mol. The van der Waals surface area contributed by atoms with Gasteiger partial charge in [-0.2, -0.15) is 4.98 Å². The second-order valence-corrected chi connectivity index (χ2v) is 10.5. The minimum atomic E-state index is 0.198. The fraction of sp³-hybridized carbons (Fsp3) is 0.500. The highest BCUT2D eigenvalue weighted by molar-refractivity contribution is 7.18. The zero-order valence-corrected chi connectivity index (χ0v) is 20.2. The molecule has 0 bridgehead atoms. The molecule has 170 valence electrons. The molecule has 8 heteroatoms. The van der Waals surface area contributed by atoms with Crippen molar-refractivity contribution in [2.24, 2.45) is 5.41 Å². The Kier molecular flexibility index (Phi) is 7.01. The fourth-order valence-electron chi connectivity index (χ4n) is 3.73. The Balaban J connectivity index is 1.36. The molecule has 1 aliphatic carbocycles. The van der Waals surface area contributed by atoms with Crippen LogP contribution in [0.3, 0.4) is 0 Å². The second-order valence-electron chi connectivity index (χ2n) is 9.47. The highest BCUT2D eigenvalue weighted by atomic mass is 32.1. The third-order valence-corrected chi connectivity index (χ3v) is 6.79. The molecule has 3 heterocycles. The van der Waals surface area contributed by atoms with E-state index in [1.165, 1.54) is 29.7 Å². The van der Waals surface area contributed by atoms with Gasteiger partial charge in [0.05, 0.1) is 10.6 Å². The Morgan fingerprint density at radius 1 is 1.09 bits per heavy atom. The highest BCUT2D eigenvalue weighted by Crippen LogP contribution is 2.36. The van der Waals surface area contributed by atoms with Gasteiger partial charge in [0.15, 0.2) is 5.13 Å². The summed E-state index contributed by atoms with van der Waals surface area (Å²) in [7, 11) is 4.15. The van der Waals surface area contributed by atoms with E-state index < -0.39 is 0 Å². The van der Waals surface area contributed by atoms with E-state index >= 15 is 0 Å². The van der Waals surface area contributed by atoms with Gasteiger partial charge >= 0.3 is 6.01 Å². The highest BCUT2D eigenvalue weighted by Gasteiger charge is 2.28. The Bertz CT molecular complexity index is 1010. The van der Waals surface area contributed by atoms with Crippen LogP contribution in [-0.4, -0.2) is 51.6 Å². The number of aromatic nitrogens is 4. The summed E-state index contributed by atoms with van der Waals surface area (Å²) in [5.74, 6) is 0.784. The first kappa shape index (κ1) is 22.6. The Hall–Kier alpha value is -2.58. The van der Waals surface area contributed by atoms with E-state index in [-0.39, 0.29) is 6.10 Å². The van der Waals surface area contributed by atoms with Crippen LogP contribution in [0.4, 0.5) is 10.9 Å². The summed E-state index contributed by atoms with van der Waals surface area (Å²) in [5, 5.41) is 4.07. The molecule has 4 rings (SSSR count). The molecule has 0 unspecified atom stereocenters. The van der Waals surface area contributed by atoms with Crippen molar-refractivity contribution < 1.29 is 4.74 Å². The van der Waals surface area contributed by atoms with E-state index in [1.54, 1.807) is 6.20 Å². The zero-order valence-electron chi connectivity index (χ0n) is 19.3. The van der Waals surface area contributed by atoms with Crippen molar-refractivity contribution >= 4 is 22.3 Å². The molecule has 0 aromatic carbocycles. The predicted molar refractivity (Wildman–Crippen MR) is 130 cm³/mol. The lowest BCUT2D eigenvalue weighted by Gasteiger charge is -2.33. The van der Waals surface area contributed by atoms with Crippen molar-refractivity contribution in [3.05, 3.63) is 42.4 Å². The Labute approximate surface area is 194 Å². The third kappa shape index (κ3) is 6.23. The lowest BCUT2D eigenvalue weighted by Crippen LogP contribution is -2.28. The van der Waals surface area contributed by atoms with Crippen LogP contribution in [0.1, 0.15) is 45.1 Å². The number of thiazole rings is 1. The quantitative estimate of drug-likeness (QED) is 0.504. The molecule has 32 heavy (non-hydrogen) atoms. The number of nitrogens with zero attached hydrogens (tertiary/aromatic N) is 5. The van der Waals surface area contributed by atoms with Crippen LogP contribution in [0, 0.1) is 5.41 Å². The summed E-state index contributed by atoms with van der Waals surface area (Å²) in [6.45, 7) is 5.66. The van der Waals surface area contributed by atoms with Gasteiger partial charge < -0.3 is 15.0 Å². The van der Waals surface area contributed by atoms with Crippen molar-refractivity contribution in [3.8, 4) is 16.6 Å². The van der Waals surface area contributed by atoms with E-state index in [0.717, 1.165) is 47.3 Å². The van der Waals surface area contributed by atoms with E-state index in [1.807, 2.05) is 24.5 Å². The molecule has 0 aliphatic heterocycles. The molecule has 0 radical (unpaired) electrons. The van der Waals surface area contributed by atoms with Crippen LogP contribution in [0.2, 0.25) is 0 Å². The van der Waals surface area contributed by atoms with Gasteiger partial charge in [0.2, 0.25) is 0 Å². The molecule has 1 fully saturated rings. The first-order chi connectivity index (χ1) is 15.4. The number of likely N-dealkylation sites (N-methyl/N-ethyl adjacent to an activating group) is 1. The molecule has 1 N–H and O–H groups in total. The maximum absolute atomic E-state index is 6.09. The van der Waals surface area contributed by atoms with Crippen LogP contribution in [-0.2, 0) is 6.42 Å². The van der Waals surface area contributed by atoms with Crippen LogP contribution in [0.15, 0.2) is 36.8 Å². The molecule has 1 saturated carbocycles. The molecule has 0 saturated heterocycles. The molecular weight excluding hydrogens is 420 g/mol. The number of hydrogen-bond acceptors (Lipinski definition) is 8. The Morgan fingerprint density at radius 2 is 1.91 bits per heavy atom. The van der Waals surface area contributed by atoms with Crippen molar-refractivity contribution in [1.82, 2.24) is 24.8 Å². The molecule has 0 amide bonds. The second kappa shape index (κ2) is 9.92. The molecule has 0 spiro atoms. The van der Waals surface area contributed by atoms with Gasteiger partial charge in [0.1, 0.15) is 11.9 Å². The molecule has 3 aromatic heterocycles. The third-order valence-electron chi connectivity index (χ3n) is 5.86. The molecule has 0 atom stereocenters. The van der Waals surface area contributed by atoms with Gasteiger partial charge in [-0.25, -0.2) is 15.0 Å². The van der Waals surface area contributed by atoms with Gasteiger partial charge in [0, 0.05) is 25.1 Å². The summed E-state index contributed by atoms with van der Waals surface area (Å²) in [4.78, 5) is 21.1. The molecule has 7 nitrogen and oxygen atoms in total. The Morgan fingerprint density at radius 3 is 2.62 bits per heavy atom. The smallest absolute Gasteiger partial charge is 0.317 e. The minimum Gasteiger partial charge on any atom is -0.460 e. The van der Waals surface area contributed by atoms with Crippen LogP contribution in [0.5, 0.6) is 6.01 Å². The lowest BCUT2D eigenvalue weighted by molar-refractivity contribution is 0.0907. The van der Waals surface area contributed by atoms with Crippen molar-refractivity contribution in [2.45, 2.75) is 52.1 Å². The number of rotatable bonds is 8. The van der Waals surface area contributed by atoms with Crippen LogP contribution >= 0.6 is 11.3 Å². The maximum Gasteiger partial charge on any atom is 0.317 e. The lowest BCUT2D eigenvalue weighted by atomic mass is 9.76. The fourth-order valence-corrected chi connectivity index (χ4v) is 4.53. The molecule has 3 aromatic rings. The molecule has 1 aliphatic rings. The number of anilines is 2. The van der Waals surface area contributed by atoms with E-state index in [0.29, 0.717) is 11.4 Å². The predicted octanol–water partition coefficient (Wildman–Crippen LogP) is 5.19. The SMILES string of the molecule is CN(C)CCc1ccc(Nc2ncc(-c3ccnc(OC4CCC(C)(C)CC4)n3)s2)nc1. The standard InChI is InChI=1S/C24H32N6OS/c1-24(2)11-7-18(8-12-24)31-22-25-13-9-19(28-22)20-16-27-23(32-20)29-21-6-5-17(15-26-21)10-14-30(3)4/h5-6,9,13,15-16,18H,7-8,10-12,14H2,1-4H3,(H,26,27,29). The van der Waals surface area contributed by atoms with E-state index in [2.05, 4.69) is 64.2 Å². The summed E-state index contributed by atoms with van der Waals surface area (Å²) < 4.78 is 6.09. The van der Waals surface area contributed by atoms with E-state index in [9.17, 15) is 0 Å². The average molecular weight is 453 g/mol. The number of hydrogen-bond donors (Lipinski definition) is 1. The largest absolute Gasteiger partial charge is 0.460 e. The number of pyridine rings is 1. The normalized spacial score (nSPS) is 16.3. The average Bonchev–Trinajstić information content (AvgIpc) is 3.23. The first-order valence-corrected chi connectivity index (χ1v) is 12.0. The summed E-state index contributed by atoms with van der Waals surface area (Å²) in [6.07, 6.45) is 11.1. The van der Waals surface area contributed by atoms with Gasteiger partial charge in [0.25, 0.3) is 0 Å². The van der Waals surface area contributed by atoms with Gasteiger partial charge in [-0.1, -0.05) is 31.3 Å². The van der Waals surface area contributed by atoms with Crippen molar-refractivity contribution in [1.29, 1.82) is 0 Å². The maximum atomic E-state index is 6.09. The summed E-state index contributed by atoms with van der Waals surface area (Å²) >= 11 is 1.54.